The van der Waals surface area contributed by atoms with Crippen LogP contribution in [0, 0.1) is 0 Å². The number of fused-ring (bicyclic) bond motifs is 1. The standard InChI is InChI=1S/C30H34N2O2/c1-2-3-4-5-6-10-22-34-26-18-15-24(16-19-26)28(32-25-13-8-7-9-14-25)27-20-17-23-12-11-21-31-29(23)30(27)33/h7-9,11-21,28,32-33H,2-6,10,22H2,1H3. The molecular formula is C30H34N2O2. The van der Waals surface area contributed by atoms with Gasteiger partial charge in [0, 0.05) is 22.8 Å². The van der Waals surface area contributed by atoms with Gasteiger partial charge < -0.3 is 15.2 Å². The highest BCUT2D eigenvalue weighted by Gasteiger charge is 2.20. The van der Waals surface area contributed by atoms with Crippen molar-refractivity contribution in [1.29, 1.82) is 0 Å². The van der Waals surface area contributed by atoms with Gasteiger partial charge in [-0.2, -0.15) is 0 Å². The van der Waals surface area contributed by atoms with E-state index in [1.165, 1.54) is 32.1 Å². The first-order chi connectivity index (χ1) is 16.8. The van der Waals surface area contributed by atoms with Gasteiger partial charge >= 0.3 is 0 Å². The van der Waals surface area contributed by atoms with E-state index in [9.17, 15) is 5.11 Å². The molecule has 176 valence electrons. The number of phenols is 1. The molecule has 4 heteroatoms. The van der Waals surface area contributed by atoms with Crippen LogP contribution in [-0.2, 0) is 0 Å². The highest BCUT2D eigenvalue weighted by molar-refractivity contribution is 5.86. The van der Waals surface area contributed by atoms with E-state index in [0.29, 0.717) is 5.52 Å². The number of nitrogens with zero attached hydrogens (tertiary/aromatic N) is 1. The van der Waals surface area contributed by atoms with Crippen LogP contribution in [0.25, 0.3) is 10.9 Å². The number of hydrogen-bond donors (Lipinski definition) is 2. The highest BCUT2D eigenvalue weighted by Crippen LogP contribution is 2.36. The van der Waals surface area contributed by atoms with Crippen LogP contribution in [0.1, 0.15) is 62.6 Å². The molecule has 0 aliphatic carbocycles. The second-order valence-electron chi connectivity index (χ2n) is 8.71. The lowest BCUT2D eigenvalue weighted by Crippen LogP contribution is -2.13. The third-order valence-corrected chi connectivity index (χ3v) is 6.15. The molecule has 0 saturated carbocycles. The highest BCUT2D eigenvalue weighted by atomic mass is 16.5. The van der Waals surface area contributed by atoms with Gasteiger partial charge in [0.1, 0.15) is 17.0 Å². The fourth-order valence-corrected chi connectivity index (χ4v) is 4.25. The Bertz CT molecular complexity index is 1160. The lowest BCUT2D eigenvalue weighted by molar-refractivity contribution is 0.304. The summed E-state index contributed by atoms with van der Waals surface area (Å²) in [5.74, 6) is 1.08. The van der Waals surface area contributed by atoms with Crippen molar-refractivity contribution in [3.8, 4) is 11.5 Å². The molecule has 4 rings (SSSR count). The average molecular weight is 455 g/mol. The molecule has 2 N–H and O–H groups in total. The zero-order valence-corrected chi connectivity index (χ0v) is 19.9. The Labute approximate surface area is 202 Å². The summed E-state index contributed by atoms with van der Waals surface area (Å²) in [6.07, 6.45) is 9.21. The number of aromatic nitrogens is 1. The summed E-state index contributed by atoms with van der Waals surface area (Å²) in [5, 5.41) is 15.6. The molecule has 0 bridgehead atoms. The summed E-state index contributed by atoms with van der Waals surface area (Å²) in [5.41, 5.74) is 3.42. The maximum atomic E-state index is 11.1. The molecule has 3 aromatic carbocycles. The van der Waals surface area contributed by atoms with Gasteiger partial charge in [-0.1, -0.05) is 87.6 Å². The number of anilines is 1. The molecule has 4 nitrogen and oxygen atoms in total. The fourth-order valence-electron chi connectivity index (χ4n) is 4.25. The minimum absolute atomic E-state index is 0.204. The summed E-state index contributed by atoms with van der Waals surface area (Å²) >= 11 is 0. The van der Waals surface area contributed by atoms with Crippen molar-refractivity contribution in [3.63, 3.8) is 0 Å². The first kappa shape index (κ1) is 23.6. The van der Waals surface area contributed by atoms with Crippen LogP contribution in [0.3, 0.4) is 0 Å². The van der Waals surface area contributed by atoms with Gasteiger partial charge in [-0.25, -0.2) is 0 Å². The Hall–Kier alpha value is -3.53. The van der Waals surface area contributed by atoms with Gasteiger partial charge in [0.05, 0.1) is 12.6 Å². The summed E-state index contributed by atoms with van der Waals surface area (Å²) in [6.45, 7) is 2.99. The van der Waals surface area contributed by atoms with E-state index in [0.717, 1.165) is 41.0 Å². The number of rotatable bonds is 12. The van der Waals surface area contributed by atoms with Crippen LogP contribution in [0.5, 0.6) is 11.5 Å². The molecule has 0 amide bonds. The third kappa shape index (κ3) is 6.07. The number of benzene rings is 3. The van der Waals surface area contributed by atoms with Crippen LogP contribution in [0.4, 0.5) is 5.69 Å². The van der Waals surface area contributed by atoms with Crippen LogP contribution in [0.2, 0.25) is 0 Å². The van der Waals surface area contributed by atoms with Gasteiger partial charge in [-0.15, -0.1) is 0 Å². The number of hydrogen-bond acceptors (Lipinski definition) is 4. The van der Waals surface area contributed by atoms with Crippen molar-refractivity contribution in [2.75, 3.05) is 11.9 Å². The maximum absolute atomic E-state index is 11.1. The van der Waals surface area contributed by atoms with Crippen LogP contribution >= 0.6 is 0 Å². The number of para-hydroxylation sites is 1. The van der Waals surface area contributed by atoms with Crippen molar-refractivity contribution >= 4 is 16.6 Å². The van der Waals surface area contributed by atoms with Crippen LogP contribution < -0.4 is 10.1 Å². The largest absolute Gasteiger partial charge is 0.505 e. The minimum atomic E-state index is -0.235. The predicted octanol–water partition coefficient (Wildman–Crippen LogP) is 7.88. The number of phenolic OH excluding ortho intramolecular Hbond substituents is 1. The number of ether oxygens (including phenoxy) is 1. The Balaban J connectivity index is 1.51. The molecule has 1 unspecified atom stereocenters. The normalized spacial score (nSPS) is 11.9. The van der Waals surface area contributed by atoms with E-state index in [4.69, 9.17) is 4.74 Å². The molecule has 4 aromatic rings. The van der Waals surface area contributed by atoms with Gasteiger partial charge in [-0.05, 0) is 42.3 Å². The number of unbranched alkanes of at least 4 members (excludes halogenated alkanes) is 5. The van der Waals surface area contributed by atoms with Crippen molar-refractivity contribution in [2.24, 2.45) is 0 Å². The lowest BCUT2D eigenvalue weighted by atomic mass is 9.96. The molecule has 0 spiro atoms. The van der Waals surface area contributed by atoms with Crippen molar-refractivity contribution in [1.82, 2.24) is 4.98 Å². The van der Waals surface area contributed by atoms with Crippen LogP contribution in [0.15, 0.2) is 85.1 Å². The average Bonchev–Trinajstić information content (AvgIpc) is 2.88. The van der Waals surface area contributed by atoms with Gasteiger partial charge in [0.2, 0.25) is 0 Å². The molecule has 0 radical (unpaired) electrons. The fraction of sp³-hybridized carbons (Fsp3) is 0.300. The quantitative estimate of drug-likeness (QED) is 0.214. The van der Waals surface area contributed by atoms with Crippen molar-refractivity contribution < 1.29 is 9.84 Å². The maximum Gasteiger partial charge on any atom is 0.147 e. The number of nitrogens with one attached hydrogen (secondary N) is 1. The van der Waals surface area contributed by atoms with E-state index < -0.39 is 0 Å². The predicted molar refractivity (Wildman–Crippen MR) is 141 cm³/mol. The second-order valence-corrected chi connectivity index (χ2v) is 8.71. The van der Waals surface area contributed by atoms with E-state index >= 15 is 0 Å². The summed E-state index contributed by atoms with van der Waals surface area (Å²) < 4.78 is 5.97. The minimum Gasteiger partial charge on any atom is -0.505 e. The van der Waals surface area contributed by atoms with Gasteiger partial charge in [0.25, 0.3) is 0 Å². The van der Waals surface area contributed by atoms with E-state index in [1.54, 1.807) is 6.20 Å². The third-order valence-electron chi connectivity index (χ3n) is 6.15. The Morgan fingerprint density at radius 2 is 1.59 bits per heavy atom. The first-order valence-corrected chi connectivity index (χ1v) is 12.4. The first-order valence-electron chi connectivity index (χ1n) is 12.4. The Kier molecular flexibility index (Phi) is 8.39. The van der Waals surface area contributed by atoms with Crippen molar-refractivity contribution in [3.05, 3.63) is 96.2 Å². The molecule has 0 fully saturated rings. The Morgan fingerprint density at radius 1 is 0.824 bits per heavy atom. The molecule has 1 atom stereocenters. The molecule has 0 aliphatic rings. The zero-order chi connectivity index (χ0) is 23.6. The SMILES string of the molecule is CCCCCCCCOc1ccc(C(Nc2ccccc2)c2ccc3cccnc3c2O)cc1. The molecule has 0 saturated heterocycles. The van der Waals surface area contributed by atoms with Gasteiger partial charge in [0.15, 0.2) is 0 Å². The van der Waals surface area contributed by atoms with E-state index in [1.807, 2.05) is 66.7 Å². The number of pyridine rings is 1. The van der Waals surface area contributed by atoms with E-state index in [-0.39, 0.29) is 11.8 Å². The summed E-state index contributed by atoms with van der Waals surface area (Å²) in [4.78, 5) is 4.41. The molecule has 1 aromatic heterocycles. The molecular weight excluding hydrogens is 420 g/mol. The molecule has 34 heavy (non-hydrogen) atoms. The van der Waals surface area contributed by atoms with Crippen molar-refractivity contribution in [2.45, 2.75) is 51.5 Å². The Morgan fingerprint density at radius 3 is 2.38 bits per heavy atom. The topological polar surface area (TPSA) is 54.4 Å². The van der Waals surface area contributed by atoms with Gasteiger partial charge in [-0.3, -0.25) is 4.98 Å². The molecule has 1 heterocycles. The lowest BCUT2D eigenvalue weighted by Gasteiger charge is -2.23. The zero-order valence-electron chi connectivity index (χ0n) is 19.9. The smallest absolute Gasteiger partial charge is 0.147 e. The van der Waals surface area contributed by atoms with Crippen LogP contribution in [-0.4, -0.2) is 16.7 Å². The monoisotopic (exact) mass is 454 g/mol. The molecule has 0 aliphatic heterocycles. The summed E-state index contributed by atoms with van der Waals surface area (Å²) in [6, 6.07) is 25.8. The second kappa shape index (κ2) is 12.1. The summed E-state index contributed by atoms with van der Waals surface area (Å²) in [7, 11) is 0. The van der Waals surface area contributed by atoms with E-state index in [2.05, 4.69) is 29.4 Å². The number of aromatic hydroxyl groups is 1.